The van der Waals surface area contributed by atoms with E-state index < -0.39 is 0 Å². The summed E-state index contributed by atoms with van der Waals surface area (Å²) in [5, 5.41) is 6.75. The van der Waals surface area contributed by atoms with E-state index in [0.29, 0.717) is 19.7 Å². The van der Waals surface area contributed by atoms with Crippen LogP contribution in [0, 0.1) is 12.8 Å². The topological polar surface area (TPSA) is 54.9 Å². The van der Waals surface area contributed by atoms with Crippen LogP contribution in [0.5, 0.6) is 5.75 Å². The Labute approximate surface area is 168 Å². The first-order chi connectivity index (χ1) is 13.7. The van der Waals surface area contributed by atoms with Gasteiger partial charge in [0.2, 0.25) is 0 Å². The summed E-state index contributed by atoms with van der Waals surface area (Å²) in [6, 6.07) is 14.8. The highest BCUT2D eigenvalue weighted by Crippen LogP contribution is 2.30. The van der Waals surface area contributed by atoms with Crippen LogP contribution in [0.4, 0.5) is 0 Å². The molecule has 5 nitrogen and oxygen atoms in total. The summed E-state index contributed by atoms with van der Waals surface area (Å²) in [7, 11) is 3.50. The lowest BCUT2D eigenvalue weighted by atomic mass is 10.1. The number of guanidine groups is 1. The molecule has 0 heterocycles. The molecule has 1 saturated carbocycles. The minimum absolute atomic E-state index is 0.638. The number of nitrogens with one attached hydrogen (secondary N) is 2. The molecule has 2 N–H and O–H groups in total. The molecule has 0 radical (unpaired) electrons. The molecule has 0 aliphatic heterocycles. The van der Waals surface area contributed by atoms with E-state index in [4.69, 9.17) is 9.47 Å². The van der Waals surface area contributed by atoms with Gasteiger partial charge in [-0.25, -0.2) is 0 Å². The number of hydrogen-bond donors (Lipinski definition) is 2. The largest absolute Gasteiger partial charge is 0.493 e. The van der Waals surface area contributed by atoms with Crippen LogP contribution in [0.3, 0.4) is 0 Å². The summed E-state index contributed by atoms with van der Waals surface area (Å²) in [6.45, 7) is 4.94. The van der Waals surface area contributed by atoms with Crippen molar-refractivity contribution >= 4 is 5.96 Å². The average molecular weight is 382 g/mol. The van der Waals surface area contributed by atoms with Gasteiger partial charge in [0.1, 0.15) is 5.75 Å². The second-order valence-electron chi connectivity index (χ2n) is 7.39. The van der Waals surface area contributed by atoms with Gasteiger partial charge in [0.15, 0.2) is 5.96 Å². The lowest BCUT2D eigenvalue weighted by Gasteiger charge is -2.15. The lowest BCUT2D eigenvalue weighted by Crippen LogP contribution is -2.36. The molecule has 0 bridgehead atoms. The standard InChI is InChI=1S/C23H31N3O2/c1-17-4-11-21(22(12-17)28-16-20-9-10-20)14-26-23(24-2)25-13-18-5-7-19(8-6-18)15-27-3/h4-8,11-12,20H,9-10,13-16H2,1-3H3,(H2,24,25,26). The van der Waals surface area contributed by atoms with Crippen molar-refractivity contribution in [3.8, 4) is 5.75 Å². The Kier molecular flexibility index (Phi) is 7.31. The molecule has 0 saturated heterocycles. The smallest absolute Gasteiger partial charge is 0.191 e. The van der Waals surface area contributed by atoms with Crippen LogP contribution in [-0.4, -0.2) is 26.7 Å². The molecule has 2 aromatic rings. The van der Waals surface area contributed by atoms with E-state index in [1.807, 2.05) is 0 Å². The predicted octanol–water partition coefficient (Wildman–Crippen LogP) is 3.80. The van der Waals surface area contributed by atoms with E-state index in [2.05, 4.69) is 65.0 Å². The SMILES string of the molecule is CN=C(NCc1ccc(COC)cc1)NCc1ccc(C)cc1OCC1CC1. The normalized spacial score (nSPS) is 14.0. The zero-order valence-corrected chi connectivity index (χ0v) is 17.1. The van der Waals surface area contributed by atoms with E-state index in [-0.39, 0.29) is 0 Å². The Hall–Kier alpha value is -2.53. The summed E-state index contributed by atoms with van der Waals surface area (Å²) in [5.74, 6) is 2.49. The Balaban J connectivity index is 1.52. The fourth-order valence-corrected chi connectivity index (χ4v) is 2.94. The van der Waals surface area contributed by atoms with Crippen LogP contribution >= 0.6 is 0 Å². The number of hydrogen-bond acceptors (Lipinski definition) is 3. The maximum absolute atomic E-state index is 6.06. The minimum atomic E-state index is 0.638. The first-order valence-corrected chi connectivity index (χ1v) is 9.91. The molecular weight excluding hydrogens is 350 g/mol. The number of benzene rings is 2. The molecule has 0 unspecified atom stereocenters. The maximum Gasteiger partial charge on any atom is 0.191 e. The van der Waals surface area contributed by atoms with Gasteiger partial charge in [-0.3, -0.25) is 4.99 Å². The van der Waals surface area contributed by atoms with Crippen molar-refractivity contribution in [3.05, 3.63) is 64.7 Å². The molecular formula is C23H31N3O2. The van der Waals surface area contributed by atoms with Crippen molar-refractivity contribution < 1.29 is 9.47 Å². The third-order valence-corrected chi connectivity index (χ3v) is 4.86. The van der Waals surface area contributed by atoms with Crippen LogP contribution in [0.15, 0.2) is 47.5 Å². The molecule has 150 valence electrons. The second kappa shape index (κ2) is 10.1. The third kappa shape index (κ3) is 6.27. The molecule has 5 heteroatoms. The van der Waals surface area contributed by atoms with Crippen molar-refractivity contribution in [1.29, 1.82) is 0 Å². The Bertz CT molecular complexity index is 783. The monoisotopic (exact) mass is 381 g/mol. The van der Waals surface area contributed by atoms with Gasteiger partial charge in [-0.05, 0) is 48.4 Å². The highest BCUT2D eigenvalue weighted by Gasteiger charge is 2.22. The Morgan fingerprint density at radius 2 is 1.75 bits per heavy atom. The molecule has 0 aromatic heterocycles. The zero-order valence-electron chi connectivity index (χ0n) is 17.1. The number of ether oxygens (including phenoxy) is 2. The van der Waals surface area contributed by atoms with Crippen molar-refractivity contribution in [2.45, 2.75) is 39.5 Å². The van der Waals surface area contributed by atoms with E-state index in [1.54, 1.807) is 14.2 Å². The summed E-state index contributed by atoms with van der Waals surface area (Å²) in [5.41, 5.74) is 4.74. The fourth-order valence-electron chi connectivity index (χ4n) is 2.94. The van der Waals surface area contributed by atoms with Gasteiger partial charge in [-0.1, -0.05) is 36.4 Å². The fraction of sp³-hybridized carbons (Fsp3) is 0.435. The van der Waals surface area contributed by atoms with Crippen molar-refractivity contribution in [2.24, 2.45) is 10.9 Å². The number of nitrogens with zero attached hydrogens (tertiary/aromatic N) is 1. The Morgan fingerprint density at radius 3 is 2.43 bits per heavy atom. The minimum Gasteiger partial charge on any atom is -0.493 e. The molecule has 28 heavy (non-hydrogen) atoms. The van der Waals surface area contributed by atoms with Gasteiger partial charge < -0.3 is 20.1 Å². The van der Waals surface area contributed by atoms with E-state index in [0.717, 1.165) is 29.8 Å². The second-order valence-corrected chi connectivity index (χ2v) is 7.39. The van der Waals surface area contributed by atoms with Gasteiger partial charge in [0.05, 0.1) is 13.2 Å². The summed E-state index contributed by atoms with van der Waals surface area (Å²) >= 11 is 0. The van der Waals surface area contributed by atoms with Crippen molar-refractivity contribution in [3.63, 3.8) is 0 Å². The van der Waals surface area contributed by atoms with Crippen molar-refractivity contribution in [2.75, 3.05) is 20.8 Å². The molecule has 1 fully saturated rings. The first kappa shape index (κ1) is 20.2. The summed E-state index contributed by atoms with van der Waals surface area (Å²) < 4.78 is 11.2. The van der Waals surface area contributed by atoms with Crippen LogP contribution in [0.2, 0.25) is 0 Å². The molecule has 0 atom stereocenters. The quantitative estimate of drug-likeness (QED) is 0.512. The van der Waals surface area contributed by atoms with E-state index >= 15 is 0 Å². The molecule has 1 aliphatic carbocycles. The number of methoxy groups -OCH3 is 1. The van der Waals surface area contributed by atoms with Gasteiger partial charge in [-0.15, -0.1) is 0 Å². The van der Waals surface area contributed by atoms with Gasteiger partial charge >= 0.3 is 0 Å². The maximum atomic E-state index is 6.06. The van der Waals surface area contributed by atoms with Gasteiger partial charge in [0, 0.05) is 32.8 Å². The highest BCUT2D eigenvalue weighted by molar-refractivity contribution is 5.79. The Morgan fingerprint density at radius 1 is 1.04 bits per heavy atom. The molecule has 1 aliphatic rings. The van der Waals surface area contributed by atoms with Crippen LogP contribution < -0.4 is 15.4 Å². The number of aryl methyl sites for hydroxylation is 1. The number of aliphatic imine (C=N–C) groups is 1. The lowest BCUT2D eigenvalue weighted by molar-refractivity contribution is 0.185. The molecule has 2 aromatic carbocycles. The van der Waals surface area contributed by atoms with Crippen LogP contribution in [-0.2, 0) is 24.4 Å². The van der Waals surface area contributed by atoms with Crippen LogP contribution in [0.1, 0.15) is 35.1 Å². The third-order valence-electron chi connectivity index (χ3n) is 4.86. The van der Waals surface area contributed by atoms with Gasteiger partial charge in [0.25, 0.3) is 0 Å². The molecule has 0 spiro atoms. The number of rotatable bonds is 9. The average Bonchev–Trinajstić information content (AvgIpc) is 3.53. The van der Waals surface area contributed by atoms with Gasteiger partial charge in [-0.2, -0.15) is 0 Å². The molecule has 3 rings (SSSR count). The van der Waals surface area contributed by atoms with Crippen molar-refractivity contribution in [1.82, 2.24) is 10.6 Å². The van der Waals surface area contributed by atoms with E-state index in [1.165, 1.54) is 29.5 Å². The summed E-state index contributed by atoms with van der Waals surface area (Å²) in [4.78, 5) is 4.33. The predicted molar refractivity (Wildman–Crippen MR) is 114 cm³/mol. The molecule has 0 amide bonds. The zero-order chi connectivity index (χ0) is 19.8. The first-order valence-electron chi connectivity index (χ1n) is 9.91. The van der Waals surface area contributed by atoms with Crippen LogP contribution in [0.25, 0.3) is 0 Å². The van der Waals surface area contributed by atoms with E-state index in [9.17, 15) is 0 Å². The highest BCUT2D eigenvalue weighted by atomic mass is 16.5. The summed E-state index contributed by atoms with van der Waals surface area (Å²) in [6.07, 6.45) is 2.59.